The summed E-state index contributed by atoms with van der Waals surface area (Å²) in [6, 6.07) is 7.22. The van der Waals surface area contributed by atoms with Crippen LogP contribution >= 0.6 is 0 Å². The molecule has 0 atom stereocenters. The Morgan fingerprint density at radius 3 is 2.82 bits per heavy atom. The van der Waals surface area contributed by atoms with Crippen molar-refractivity contribution in [3.8, 4) is 6.07 Å². The summed E-state index contributed by atoms with van der Waals surface area (Å²) in [7, 11) is 0. The third-order valence-corrected chi connectivity index (χ3v) is 4.37. The van der Waals surface area contributed by atoms with Crippen LogP contribution in [-0.4, -0.2) is 22.1 Å². The summed E-state index contributed by atoms with van der Waals surface area (Å²) < 4.78 is 6.92. The first kappa shape index (κ1) is 14.4. The summed E-state index contributed by atoms with van der Waals surface area (Å²) in [6.45, 7) is 1.56. The summed E-state index contributed by atoms with van der Waals surface area (Å²) in [6.07, 6.45) is 3.53. The Morgan fingerprint density at radius 2 is 2.18 bits per heavy atom. The number of benzene rings is 1. The summed E-state index contributed by atoms with van der Waals surface area (Å²) in [5, 5.41) is 9.08. The lowest BCUT2D eigenvalue weighted by Crippen LogP contribution is -2.42. The third-order valence-electron chi connectivity index (χ3n) is 4.37. The molecule has 6 heteroatoms. The number of rotatable bonds is 3. The van der Waals surface area contributed by atoms with E-state index in [0.717, 1.165) is 25.7 Å². The number of esters is 1. The predicted molar refractivity (Wildman–Crippen MR) is 80.3 cm³/mol. The van der Waals surface area contributed by atoms with Gasteiger partial charge in [0, 0.05) is 6.92 Å². The second-order valence-electron chi connectivity index (χ2n) is 5.82. The van der Waals surface area contributed by atoms with Gasteiger partial charge >= 0.3 is 11.7 Å². The van der Waals surface area contributed by atoms with Crippen LogP contribution in [0.1, 0.15) is 38.2 Å². The van der Waals surface area contributed by atoms with Crippen LogP contribution in [0.2, 0.25) is 0 Å². The van der Waals surface area contributed by atoms with Crippen LogP contribution in [0.3, 0.4) is 0 Å². The van der Waals surface area contributed by atoms with Crippen LogP contribution < -0.4 is 5.69 Å². The molecule has 22 heavy (non-hydrogen) atoms. The minimum Gasteiger partial charge on any atom is -0.463 e. The number of nitrogens with one attached hydrogen (secondary N) is 1. The molecular weight excluding hydrogens is 282 g/mol. The molecule has 1 aromatic carbocycles. The van der Waals surface area contributed by atoms with Crippen LogP contribution in [0.25, 0.3) is 11.0 Å². The van der Waals surface area contributed by atoms with Crippen molar-refractivity contribution in [3.05, 3.63) is 34.2 Å². The number of nitriles is 1. The molecule has 0 saturated heterocycles. The van der Waals surface area contributed by atoms with Gasteiger partial charge in [0.25, 0.3) is 0 Å². The van der Waals surface area contributed by atoms with Crippen molar-refractivity contribution >= 4 is 17.0 Å². The van der Waals surface area contributed by atoms with Gasteiger partial charge in [-0.1, -0.05) is 12.8 Å². The number of hydrogen-bond donors (Lipinski definition) is 1. The lowest BCUT2D eigenvalue weighted by atomic mass is 9.98. The zero-order valence-electron chi connectivity index (χ0n) is 12.4. The summed E-state index contributed by atoms with van der Waals surface area (Å²) in [5.41, 5.74) is 1.14. The molecule has 6 nitrogen and oxygen atoms in total. The topological polar surface area (TPSA) is 87.9 Å². The summed E-state index contributed by atoms with van der Waals surface area (Å²) in [4.78, 5) is 26.5. The van der Waals surface area contributed by atoms with Gasteiger partial charge in [0.1, 0.15) is 6.61 Å². The molecule has 0 unspecified atom stereocenters. The zero-order chi connectivity index (χ0) is 15.7. The monoisotopic (exact) mass is 299 g/mol. The molecule has 1 aromatic heterocycles. The first-order chi connectivity index (χ1) is 10.6. The molecule has 1 heterocycles. The number of aromatic amines is 1. The Bertz CT molecular complexity index is 819. The fourth-order valence-corrected chi connectivity index (χ4v) is 3.34. The zero-order valence-corrected chi connectivity index (χ0v) is 12.4. The second-order valence-corrected chi connectivity index (χ2v) is 5.82. The van der Waals surface area contributed by atoms with E-state index in [2.05, 4.69) is 11.1 Å². The van der Waals surface area contributed by atoms with Gasteiger partial charge in [-0.2, -0.15) is 5.26 Å². The van der Waals surface area contributed by atoms with Crippen molar-refractivity contribution in [3.63, 3.8) is 0 Å². The molecule has 1 saturated carbocycles. The van der Waals surface area contributed by atoms with Gasteiger partial charge in [0.15, 0.2) is 0 Å². The highest BCUT2D eigenvalue weighted by Gasteiger charge is 2.39. The number of nitrogens with zero attached hydrogens (tertiary/aromatic N) is 2. The average molecular weight is 299 g/mol. The van der Waals surface area contributed by atoms with E-state index < -0.39 is 5.54 Å². The van der Waals surface area contributed by atoms with Crippen molar-refractivity contribution in [2.24, 2.45) is 0 Å². The van der Waals surface area contributed by atoms with E-state index in [4.69, 9.17) is 10.00 Å². The number of H-pyrrole nitrogens is 1. The average Bonchev–Trinajstić information content (AvgIpc) is 3.08. The van der Waals surface area contributed by atoms with Crippen LogP contribution in [0.5, 0.6) is 0 Å². The van der Waals surface area contributed by atoms with E-state index in [1.165, 1.54) is 6.92 Å². The van der Waals surface area contributed by atoms with Crippen molar-refractivity contribution < 1.29 is 9.53 Å². The smallest absolute Gasteiger partial charge is 0.327 e. The number of aromatic nitrogens is 2. The SMILES string of the molecule is CC(=O)OCC1(n2c(=O)[nH]c3ccc(C#N)cc32)CCCC1. The van der Waals surface area contributed by atoms with E-state index >= 15 is 0 Å². The first-order valence-corrected chi connectivity index (χ1v) is 7.34. The van der Waals surface area contributed by atoms with E-state index in [1.54, 1.807) is 22.8 Å². The van der Waals surface area contributed by atoms with Crippen molar-refractivity contribution in [1.29, 1.82) is 5.26 Å². The minimum atomic E-state index is -0.519. The molecule has 1 fully saturated rings. The quantitative estimate of drug-likeness (QED) is 0.878. The number of imidazole rings is 1. The van der Waals surface area contributed by atoms with E-state index in [-0.39, 0.29) is 18.3 Å². The molecule has 2 aromatic rings. The Balaban J connectivity index is 2.17. The molecule has 0 aliphatic heterocycles. The lowest BCUT2D eigenvalue weighted by Gasteiger charge is -2.30. The molecular formula is C16H17N3O3. The molecule has 0 amide bonds. The molecule has 1 aliphatic rings. The fourth-order valence-electron chi connectivity index (χ4n) is 3.34. The highest BCUT2D eigenvalue weighted by Crippen LogP contribution is 2.38. The molecule has 1 N–H and O–H groups in total. The molecule has 1 aliphatic carbocycles. The normalized spacial score (nSPS) is 16.5. The maximum absolute atomic E-state index is 12.5. The molecule has 0 radical (unpaired) electrons. The molecule has 0 spiro atoms. The van der Waals surface area contributed by atoms with E-state index in [0.29, 0.717) is 16.6 Å². The standard InChI is InChI=1S/C16H17N3O3/c1-11(20)22-10-16(6-2-3-7-16)19-14-8-12(9-17)4-5-13(14)18-15(19)21/h4-5,8H,2-3,6-7,10H2,1H3,(H,18,21). The Hall–Kier alpha value is -2.55. The van der Waals surface area contributed by atoms with E-state index in [1.807, 2.05) is 0 Å². The highest BCUT2D eigenvalue weighted by atomic mass is 16.5. The minimum absolute atomic E-state index is 0.186. The van der Waals surface area contributed by atoms with Crippen LogP contribution in [0, 0.1) is 11.3 Å². The van der Waals surface area contributed by atoms with Crippen molar-refractivity contribution in [1.82, 2.24) is 9.55 Å². The first-order valence-electron chi connectivity index (χ1n) is 7.34. The van der Waals surface area contributed by atoms with Crippen LogP contribution in [0.4, 0.5) is 0 Å². The lowest BCUT2D eigenvalue weighted by molar-refractivity contribution is -0.144. The van der Waals surface area contributed by atoms with Gasteiger partial charge < -0.3 is 9.72 Å². The van der Waals surface area contributed by atoms with Gasteiger partial charge in [-0.15, -0.1) is 0 Å². The van der Waals surface area contributed by atoms with Gasteiger partial charge in [-0.3, -0.25) is 9.36 Å². The largest absolute Gasteiger partial charge is 0.463 e. The fraction of sp³-hybridized carbons (Fsp3) is 0.438. The molecule has 0 bridgehead atoms. The van der Waals surface area contributed by atoms with Crippen molar-refractivity contribution in [2.45, 2.75) is 38.1 Å². The van der Waals surface area contributed by atoms with Gasteiger partial charge in [0.2, 0.25) is 0 Å². The van der Waals surface area contributed by atoms with Crippen LogP contribution in [0.15, 0.2) is 23.0 Å². The predicted octanol–water partition coefficient (Wildman–Crippen LogP) is 2.03. The van der Waals surface area contributed by atoms with Gasteiger partial charge in [0.05, 0.1) is 28.2 Å². The number of ether oxygens (including phenoxy) is 1. The number of carbonyl (C=O) groups is 1. The van der Waals surface area contributed by atoms with Gasteiger partial charge in [-0.25, -0.2) is 4.79 Å². The highest BCUT2D eigenvalue weighted by molar-refractivity contribution is 5.77. The Morgan fingerprint density at radius 1 is 1.45 bits per heavy atom. The van der Waals surface area contributed by atoms with Crippen LogP contribution in [-0.2, 0) is 15.1 Å². The van der Waals surface area contributed by atoms with Crippen molar-refractivity contribution in [2.75, 3.05) is 6.61 Å². The number of hydrogen-bond acceptors (Lipinski definition) is 4. The third kappa shape index (κ3) is 2.29. The second kappa shape index (κ2) is 5.34. The maximum Gasteiger partial charge on any atom is 0.327 e. The molecule has 3 rings (SSSR count). The number of fused-ring (bicyclic) bond motifs is 1. The summed E-state index contributed by atoms with van der Waals surface area (Å²) >= 11 is 0. The van der Waals surface area contributed by atoms with E-state index in [9.17, 15) is 9.59 Å². The Labute approximate surface area is 127 Å². The summed E-state index contributed by atoms with van der Waals surface area (Å²) in [5.74, 6) is -0.350. The Kier molecular flexibility index (Phi) is 3.49. The van der Waals surface area contributed by atoms with Gasteiger partial charge in [-0.05, 0) is 31.0 Å². The maximum atomic E-state index is 12.5. The molecule has 114 valence electrons. The number of carbonyl (C=O) groups excluding carboxylic acids is 1.